The number of fused-ring (bicyclic) bond motifs is 1. The predicted molar refractivity (Wildman–Crippen MR) is 108 cm³/mol. The number of aliphatic carboxylic acids is 1. The molecule has 0 aliphatic rings. The Balaban J connectivity index is 2.03. The third kappa shape index (κ3) is 4.53. The molecule has 0 aliphatic heterocycles. The fraction of sp³-hybridized carbons (Fsp3) is 0.182. The Morgan fingerprint density at radius 3 is 2.55 bits per heavy atom. The first-order chi connectivity index (χ1) is 14.6. The molecular weight excluding hydrogens is 405 g/mol. The number of nitriles is 1. The van der Waals surface area contributed by atoms with E-state index in [0.717, 1.165) is 6.20 Å². The lowest BCUT2D eigenvalue weighted by Crippen LogP contribution is -2.40. The van der Waals surface area contributed by atoms with Gasteiger partial charge in [0.05, 0.1) is 18.2 Å². The number of aromatic nitrogens is 1. The summed E-state index contributed by atoms with van der Waals surface area (Å²) >= 11 is 0. The van der Waals surface area contributed by atoms with Crippen LogP contribution in [0, 0.1) is 22.7 Å². The van der Waals surface area contributed by atoms with E-state index in [9.17, 15) is 29.5 Å². The number of amides is 1. The molecule has 9 heteroatoms. The maximum Gasteiger partial charge on any atom is 0.310 e. The number of pyridine rings is 1. The summed E-state index contributed by atoms with van der Waals surface area (Å²) in [5.41, 5.74) is -1.54. The van der Waals surface area contributed by atoms with Crippen LogP contribution in [0.3, 0.4) is 0 Å². The Morgan fingerprint density at radius 1 is 1.19 bits per heavy atom. The molecule has 2 N–H and O–H groups in total. The van der Waals surface area contributed by atoms with Crippen molar-refractivity contribution in [3.8, 4) is 23.4 Å². The largest absolute Gasteiger partial charge is 0.506 e. The number of ether oxygens (including phenoxy) is 1. The third-order valence-electron chi connectivity index (χ3n) is 4.57. The minimum atomic E-state index is -1.37. The zero-order valence-corrected chi connectivity index (χ0v) is 16.7. The first-order valence-corrected chi connectivity index (χ1v) is 9.12. The highest BCUT2D eigenvalue weighted by molar-refractivity contribution is 6.07. The molecule has 0 saturated carbocycles. The number of hydrogen-bond donors (Lipinski definition) is 2. The van der Waals surface area contributed by atoms with Gasteiger partial charge in [-0.1, -0.05) is 6.07 Å². The van der Waals surface area contributed by atoms with Crippen LogP contribution in [0.15, 0.2) is 48.7 Å². The van der Waals surface area contributed by atoms with Crippen molar-refractivity contribution in [3.05, 3.63) is 60.2 Å². The number of halogens is 1. The van der Waals surface area contributed by atoms with Crippen molar-refractivity contribution in [3.63, 3.8) is 0 Å². The molecule has 2 aromatic carbocycles. The summed E-state index contributed by atoms with van der Waals surface area (Å²) < 4.78 is 19.0. The molecular formula is C22H18FN3O5. The maximum absolute atomic E-state index is 13.4. The van der Waals surface area contributed by atoms with Gasteiger partial charge in [0.15, 0.2) is 6.19 Å². The molecule has 0 spiro atoms. The zero-order valence-electron chi connectivity index (χ0n) is 16.7. The average molecular weight is 423 g/mol. The van der Waals surface area contributed by atoms with Crippen LogP contribution in [0.2, 0.25) is 0 Å². The van der Waals surface area contributed by atoms with Crippen LogP contribution in [-0.2, 0) is 4.79 Å². The standard InChI is InChI=1S/C22H18FN3O5/c1-22(2,21(29)30)11-26(12-24)20(28)19-17-9-15(6-7-16(17)18(27)10-25-19)31-14-5-3-4-13(23)8-14/h3-10,27H,11H2,1-2H3,(H,29,30). The van der Waals surface area contributed by atoms with Crippen molar-refractivity contribution in [2.75, 3.05) is 6.54 Å². The van der Waals surface area contributed by atoms with Crippen molar-refractivity contribution in [1.29, 1.82) is 5.26 Å². The van der Waals surface area contributed by atoms with E-state index in [-0.39, 0.29) is 40.3 Å². The van der Waals surface area contributed by atoms with Crippen molar-refractivity contribution in [2.45, 2.75) is 13.8 Å². The Hall–Kier alpha value is -4.19. The molecule has 0 unspecified atom stereocenters. The second-order valence-corrected chi connectivity index (χ2v) is 7.44. The van der Waals surface area contributed by atoms with Crippen LogP contribution >= 0.6 is 0 Å². The lowest BCUT2D eigenvalue weighted by molar-refractivity contribution is -0.147. The van der Waals surface area contributed by atoms with Crippen LogP contribution in [0.25, 0.3) is 10.8 Å². The molecule has 1 aromatic heterocycles. The fourth-order valence-electron chi connectivity index (χ4n) is 2.85. The van der Waals surface area contributed by atoms with Crippen molar-refractivity contribution >= 4 is 22.6 Å². The minimum absolute atomic E-state index is 0.166. The van der Waals surface area contributed by atoms with E-state index >= 15 is 0 Å². The molecule has 1 heterocycles. The van der Waals surface area contributed by atoms with Gasteiger partial charge in [0.25, 0.3) is 5.91 Å². The van der Waals surface area contributed by atoms with E-state index in [4.69, 9.17) is 4.74 Å². The lowest BCUT2D eigenvalue weighted by atomic mass is 9.93. The van der Waals surface area contributed by atoms with Gasteiger partial charge in [0, 0.05) is 16.8 Å². The first-order valence-electron chi connectivity index (χ1n) is 9.12. The highest BCUT2D eigenvalue weighted by atomic mass is 19.1. The summed E-state index contributed by atoms with van der Waals surface area (Å²) in [5, 5.41) is 29.3. The summed E-state index contributed by atoms with van der Waals surface area (Å²) in [6, 6.07) is 9.92. The van der Waals surface area contributed by atoms with Crippen LogP contribution in [-0.4, -0.2) is 38.5 Å². The summed E-state index contributed by atoms with van der Waals surface area (Å²) in [7, 11) is 0. The summed E-state index contributed by atoms with van der Waals surface area (Å²) in [6.07, 6.45) is 2.77. The highest BCUT2D eigenvalue weighted by Crippen LogP contribution is 2.32. The van der Waals surface area contributed by atoms with E-state index in [1.807, 2.05) is 0 Å². The van der Waals surface area contributed by atoms with Crippen molar-refractivity contribution in [2.24, 2.45) is 5.41 Å². The van der Waals surface area contributed by atoms with Crippen molar-refractivity contribution in [1.82, 2.24) is 9.88 Å². The number of carbonyl (C=O) groups is 2. The zero-order chi connectivity index (χ0) is 22.8. The average Bonchev–Trinajstić information content (AvgIpc) is 2.72. The molecule has 3 aromatic rings. The number of hydrogen-bond acceptors (Lipinski definition) is 6. The maximum atomic E-state index is 13.4. The molecule has 0 fully saturated rings. The van der Waals surface area contributed by atoms with Gasteiger partial charge in [-0.3, -0.25) is 9.59 Å². The van der Waals surface area contributed by atoms with Gasteiger partial charge in [0.1, 0.15) is 28.8 Å². The number of rotatable bonds is 6. The number of benzene rings is 2. The van der Waals surface area contributed by atoms with E-state index in [0.29, 0.717) is 4.90 Å². The number of carboxylic acids is 1. The van der Waals surface area contributed by atoms with Gasteiger partial charge < -0.3 is 14.9 Å². The molecule has 31 heavy (non-hydrogen) atoms. The molecule has 0 saturated heterocycles. The van der Waals surface area contributed by atoms with Crippen molar-refractivity contribution < 1.29 is 28.9 Å². The molecule has 0 atom stereocenters. The summed E-state index contributed by atoms with van der Waals surface area (Å²) in [6.45, 7) is 2.40. The Labute approximate surface area is 176 Å². The Morgan fingerprint density at radius 2 is 1.90 bits per heavy atom. The molecule has 158 valence electrons. The highest BCUT2D eigenvalue weighted by Gasteiger charge is 2.33. The Kier molecular flexibility index (Phi) is 5.75. The fourth-order valence-corrected chi connectivity index (χ4v) is 2.85. The van der Waals surface area contributed by atoms with E-state index in [1.165, 1.54) is 50.2 Å². The molecule has 0 bridgehead atoms. The third-order valence-corrected chi connectivity index (χ3v) is 4.57. The molecule has 0 aliphatic carbocycles. The molecule has 8 nitrogen and oxygen atoms in total. The Bertz CT molecular complexity index is 1220. The van der Waals surface area contributed by atoms with Crippen LogP contribution in [0.4, 0.5) is 4.39 Å². The van der Waals surface area contributed by atoms with Gasteiger partial charge in [-0.05, 0) is 44.2 Å². The summed E-state index contributed by atoms with van der Waals surface area (Å²) in [4.78, 5) is 29.0. The van der Waals surface area contributed by atoms with Crippen LogP contribution < -0.4 is 4.74 Å². The van der Waals surface area contributed by atoms with Gasteiger partial charge in [-0.2, -0.15) is 5.26 Å². The minimum Gasteiger partial charge on any atom is -0.506 e. The quantitative estimate of drug-likeness (QED) is 0.455. The van der Waals surface area contributed by atoms with Gasteiger partial charge in [0.2, 0.25) is 0 Å². The SMILES string of the molecule is CC(C)(CN(C#N)C(=O)c1ncc(O)c2ccc(Oc3cccc(F)c3)cc12)C(=O)O. The topological polar surface area (TPSA) is 124 Å². The van der Waals surface area contributed by atoms with Crippen LogP contribution in [0.1, 0.15) is 24.3 Å². The second kappa shape index (κ2) is 8.28. The number of aromatic hydroxyl groups is 1. The lowest BCUT2D eigenvalue weighted by Gasteiger charge is -2.24. The van der Waals surface area contributed by atoms with Gasteiger partial charge >= 0.3 is 5.97 Å². The number of carbonyl (C=O) groups excluding carboxylic acids is 1. The second-order valence-electron chi connectivity index (χ2n) is 7.44. The van der Waals surface area contributed by atoms with Gasteiger partial charge in [-0.15, -0.1) is 0 Å². The monoisotopic (exact) mass is 423 g/mol. The first kappa shape index (κ1) is 21.5. The predicted octanol–water partition coefficient (Wildman–Crippen LogP) is 3.91. The van der Waals surface area contributed by atoms with E-state index in [1.54, 1.807) is 12.3 Å². The van der Waals surface area contributed by atoms with E-state index < -0.39 is 23.1 Å². The van der Waals surface area contributed by atoms with Gasteiger partial charge in [-0.25, -0.2) is 14.3 Å². The number of nitrogens with zero attached hydrogens (tertiary/aromatic N) is 3. The van der Waals surface area contributed by atoms with Crippen LogP contribution in [0.5, 0.6) is 17.2 Å². The molecule has 1 amide bonds. The molecule has 0 radical (unpaired) electrons. The molecule has 3 rings (SSSR count). The summed E-state index contributed by atoms with van der Waals surface area (Å²) in [5.74, 6) is -2.21. The van der Waals surface area contributed by atoms with E-state index in [2.05, 4.69) is 4.98 Å². The normalized spacial score (nSPS) is 11.0. The smallest absolute Gasteiger partial charge is 0.310 e. The number of carboxylic acid groups (broad SMARTS) is 1.